The van der Waals surface area contributed by atoms with Crippen LogP contribution in [-0.2, 0) is 21.5 Å². The molecular formula is C35H41N5O6. The van der Waals surface area contributed by atoms with Crippen LogP contribution in [0.3, 0.4) is 0 Å². The molecule has 2 aromatic carbocycles. The third-order valence-corrected chi connectivity index (χ3v) is 9.21. The molecule has 5 rings (SSSR count). The Morgan fingerprint density at radius 3 is 2.54 bits per heavy atom. The number of benzene rings is 2. The van der Waals surface area contributed by atoms with E-state index in [1.807, 2.05) is 32.0 Å². The van der Waals surface area contributed by atoms with E-state index in [0.29, 0.717) is 34.3 Å². The fraction of sp³-hybridized carbons (Fsp3) is 0.429. The molecule has 1 fully saturated rings. The predicted molar refractivity (Wildman–Crippen MR) is 174 cm³/mol. The van der Waals surface area contributed by atoms with E-state index >= 15 is 0 Å². The summed E-state index contributed by atoms with van der Waals surface area (Å²) in [7, 11) is 0. The Morgan fingerprint density at radius 2 is 1.85 bits per heavy atom. The van der Waals surface area contributed by atoms with E-state index in [2.05, 4.69) is 20.9 Å². The van der Waals surface area contributed by atoms with E-state index in [4.69, 9.17) is 4.42 Å². The first-order valence-electron chi connectivity index (χ1n) is 16.0. The molecule has 0 saturated heterocycles. The number of hydrogen-bond acceptors (Lipinski definition) is 7. The number of carboxylic acids is 1. The number of aromatic nitrogens is 3. The number of carbonyl (C=O) groups excluding carboxylic acids is 2. The summed E-state index contributed by atoms with van der Waals surface area (Å²) in [5, 5.41) is 25.0. The SMILES string of the molecule is CCCC[C@@H](C(=O)Nc1ccc2c(C)c(CC(=O)O)c(=O)oc2c1)n1cc([C@@](C)(NC(=O)c2ccccc2)C2CCCCC2)nn1. The minimum absolute atomic E-state index is 0.0959. The Morgan fingerprint density at radius 1 is 1.11 bits per heavy atom. The normalized spacial score (nSPS) is 15.6. The molecule has 0 bridgehead atoms. The van der Waals surface area contributed by atoms with Gasteiger partial charge in [-0.2, -0.15) is 0 Å². The molecule has 4 aromatic rings. The summed E-state index contributed by atoms with van der Waals surface area (Å²) in [4.78, 5) is 50.9. The van der Waals surface area contributed by atoms with Crippen molar-refractivity contribution < 1.29 is 23.9 Å². The van der Waals surface area contributed by atoms with Gasteiger partial charge in [0.15, 0.2) is 0 Å². The number of fused-ring (bicyclic) bond motifs is 1. The minimum Gasteiger partial charge on any atom is -0.481 e. The molecule has 0 radical (unpaired) electrons. The van der Waals surface area contributed by atoms with Crippen LogP contribution in [-0.4, -0.2) is 37.9 Å². The maximum Gasteiger partial charge on any atom is 0.340 e. The van der Waals surface area contributed by atoms with Crippen LogP contribution in [0.25, 0.3) is 11.0 Å². The second-order valence-corrected chi connectivity index (χ2v) is 12.4. The molecule has 3 N–H and O–H groups in total. The zero-order valence-electron chi connectivity index (χ0n) is 26.5. The Labute approximate surface area is 267 Å². The van der Waals surface area contributed by atoms with Crippen LogP contribution < -0.4 is 16.3 Å². The number of nitrogens with zero attached hydrogens (tertiary/aromatic N) is 3. The van der Waals surface area contributed by atoms with Crippen LogP contribution in [0.5, 0.6) is 0 Å². The number of carboxylic acid groups (broad SMARTS) is 1. The zero-order chi connectivity index (χ0) is 32.8. The molecule has 2 amide bonds. The maximum absolute atomic E-state index is 13.8. The molecule has 11 heteroatoms. The average Bonchev–Trinajstić information content (AvgIpc) is 3.54. The second-order valence-electron chi connectivity index (χ2n) is 12.4. The van der Waals surface area contributed by atoms with E-state index in [0.717, 1.165) is 44.9 Å². The second kappa shape index (κ2) is 14.1. The van der Waals surface area contributed by atoms with E-state index < -0.39 is 29.6 Å². The number of unbranched alkanes of at least 4 members (excludes halogenated alkanes) is 1. The summed E-state index contributed by atoms with van der Waals surface area (Å²) >= 11 is 0. The lowest BCUT2D eigenvalue weighted by atomic mass is 9.74. The predicted octanol–water partition coefficient (Wildman–Crippen LogP) is 5.92. The van der Waals surface area contributed by atoms with Gasteiger partial charge in [-0.3, -0.25) is 14.4 Å². The highest BCUT2D eigenvalue weighted by Crippen LogP contribution is 2.39. The molecule has 1 aliphatic carbocycles. The molecule has 0 spiro atoms. The fourth-order valence-electron chi connectivity index (χ4n) is 6.45. The number of carbonyl (C=O) groups is 3. The first-order chi connectivity index (χ1) is 22.1. The van der Waals surface area contributed by atoms with Crippen molar-refractivity contribution in [1.82, 2.24) is 20.3 Å². The van der Waals surface area contributed by atoms with Crippen molar-refractivity contribution in [3.8, 4) is 0 Å². The molecule has 2 aromatic heterocycles. The molecule has 0 aliphatic heterocycles. The summed E-state index contributed by atoms with van der Waals surface area (Å²) in [5.74, 6) is -1.45. The third-order valence-electron chi connectivity index (χ3n) is 9.21. The first-order valence-corrected chi connectivity index (χ1v) is 16.0. The van der Waals surface area contributed by atoms with Crippen molar-refractivity contribution in [1.29, 1.82) is 0 Å². The van der Waals surface area contributed by atoms with E-state index in [1.54, 1.807) is 48.1 Å². The molecule has 11 nitrogen and oxygen atoms in total. The smallest absolute Gasteiger partial charge is 0.340 e. The number of rotatable bonds is 12. The summed E-state index contributed by atoms with van der Waals surface area (Å²) in [6.45, 7) is 5.74. The van der Waals surface area contributed by atoms with Gasteiger partial charge in [0, 0.05) is 22.7 Å². The van der Waals surface area contributed by atoms with Gasteiger partial charge >= 0.3 is 11.6 Å². The number of hydrogen-bond donors (Lipinski definition) is 3. The van der Waals surface area contributed by atoms with Crippen molar-refractivity contribution in [3.63, 3.8) is 0 Å². The molecular weight excluding hydrogens is 586 g/mol. The van der Waals surface area contributed by atoms with Gasteiger partial charge in [-0.05, 0) is 68.9 Å². The van der Waals surface area contributed by atoms with Gasteiger partial charge in [0.1, 0.15) is 17.3 Å². The number of amides is 2. The Hall–Kier alpha value is -4.80. The standard InChI is InChI=1S/C35H41N5O6/c1-4-5-16-28(33(44)36-25-17-18-26-22(2)27(20-31(41)42)34(45)46-29(26)19-25)40-21-30(38-39-40)35(3,24-14-10-7-11-15-24)37-32(43)23-12-8-6-9-13-23/h6,8-9,12-13,17-19,21,24,28H,4-5,7,10-11,14-16,20H2,1-3H3,(H,36,44)(H,37,43)(H,41,42)/t28-,35-/m0/s1. The van der Waals surface area contributed by atoms with Crippen molar-refractivity contribution in [3.05, 3.63) is 87.5 Å². The molecule has 2 atom stereocenters. The Bertz CT molecular complexity index is 1780. The highest BCUT2D eigenvalue weighted by atomic mass is 16.4. The largest absolute Gasteiger partial charge is 0.481 e. The monoisotopic (exact) mass is 627 g/mol. The Kier molecular flexibility index (Phi) is 9.99. The Balaban J connectivity index is 1.42. The average molecular weight is 628 g/mol. The number of nitrogens with one attached hydrogen (secondary N) is 2. The van der Waals surface area contributed by atoms with Crippen molar-refractivity contribution >= 4 is 34.4 Å². The molecule has 1 aliphatic rings. The molecule has 2 heterocycles. The van der Waals surface area contributed by atoms with Gasteiger partial charge < -0.3 is 20.2 Å². The quantitative estimate of drug-likeness (QED) is 0.164. The highest BCUT2D eigenvalue weighted by Gasteiger charge is 2.41. The molecule has 46 heavy (non-hydrogen) atoms. The van der Waals surface area contributed by atoms with Crippen LogP contribution in [0, 0.1) is 12.8 Å². The van der Waals surface area contributed by atoms with Crippen LogP contribution in [0.2, 0.25) is 0 Å². The number of aliphatic carboxylic acids is 1. The van der Waals surface area contributed by atoms with Crippen molar-refractivity contribution in [2.24, 2.45) is 5.92 Å². The van der Waals surface area contributed by atoms with Gasteiger partial charge in [-0.15, -0.1) is 5.10 Å². The number of anilines is 1. The summed E-state index contributed by atoms with van der Waals surface area (Å²) < 4.78 is 7.02. The fourth-order valence-corrected chi connectivity index (χ4v) is 6.45. The van der Waals surface area contributed by atoms with E-state index in [9.17, 15) is 24.3 Å². The summed E-state index contributed by atoms with van der Waals surface area (Å²) in [6.07, 6.45) is 8.72. The minimum atomic E-state index is -1.12. The topological polar surface area (TPSA) is 156 Å². The van der Waals surface area contributed by atoms with Crippen LogP contribution in [0.1, 0.15) is 98.4 Å². The van der Waals surface area contributed by atoms with Crippen molar-refractivity contribution in [2.45, 2.75) is 90.1 Å². The lowest BCUT2D eigenvalue weighted by Gasteiger charge is -2.39. The van der Waals surface area contributed by atoms with Crippen LogP contribution in [0.15, 0.2) is 63.9 Å². The van der Waals surface area contributed by atoms with E-state index in [-0.39, 0.29) is 28.9 Å². The summed E-state index contributed by atoms with van der Waals surface area (Å²) in [6, 6.07) is 13.4. The van der Waals surface area contributed by atoms with E-state index in [1.165, 1.54) is 0 Å². The van der Waals surface area contributed by atoms with Crippen LogP contribution in [0.4, 0.5) is 5.69 Å². The molecule has 1 saturated carbocycles. The third kappa shape index (κ3) is 7.03. The maximum atomic E-state index is 13.8. The van der Waals surface area contributed by atoms with Gasteiger partial charge in [0.25, 0.3) is 5.91 Å². The highest BCUT2D eigenvalue weighted by molar-refractivity contribution is 5.96. The van der Waals surface area contributed by atoms with Gasteiger partial charge in [-0.25, -0.2) is 9.48 Å². The lowest BCUT2D eigenvalue weighted by molar-refractivity contribution is -0.136. The van der Waals surface area contributed by atoms with Gasteiger partial charge in [0.05, 0.1) is 23.7 Å². The van der Waals surface area contributed by atoms with Crippen molar-refractivity contribution in [2.75, 3.05) is 5.32 Å². The van der Waals surface area contributed by atoms with Crippen LogP contribution >= 0.6 is 0 Å². The molecule has 242 valence electrons. The first kappa shape index (κ1) is 32.6. The number of aryl methyl sites for hydroxylation is 1. The van der Waals surface area contributed by atoms with Gasteiger partial charge in [0.2, 0.25) is 5.91 Å². The molecule has 0 unspecified atom stereocenters. The summed E-state index contributed by atoms with van der Waals surface area (Å²) in [5.41, 5.74) is 0.975. The lowest BCUT2D eigenvalue weighted by Crippen LogP contribution is -2.50. The zero-order valence-corrected chi connectivity index (χ0v) is 26.5. The van der Waals surface area contributed by atoms with Gasteiger partial charge in [-0.1, -0.05) is 62.4 Å².